The van der Waals surface area contributed by atoms with Crippen molar-refractivity contribution in [1.82, 2.24) is 4.98 Å². The first-order valence-electron chi connectivity index (χ1n) is 5.14. The smallest absolute Gasteiger partial charge is 0.146 e. The molecule has 0 unspecified atom stereocenters. The van der Waals surface area contributed by atoms with Crippen molar-refractivity contribution in [1.29, 1.82) is 0 Å². The van der Waals surface area contributed by atoms with E-state index in [0.29, 0.717) is 22.4 Å². The highest BCUT2D eigenvalue weighted by molar-refractivity contribution is 6.32. The normalized spacial score (nSPS) is 10.3. The molecule has 0 radical (unpaired) electrons. The highest BCUT2D eigenvalue weighted by Crippen LogP contribution is 2.30. The number of nitrogens with zero attached hydrogens (tertiary/aromatic N) is 1. The Hall–Kier alpha value is -1.25. The summed E-state index contributed by atoms with van der Waals surface area (Å²) < 4.78 is 5.70. The molecule has 0 atom stereocenters. The van der Waals surface area contributed by atoms with Crippen molar-refractivity contribution in [3.05, 3.63) is 52.8 Å². The number of hydrogen-bond donors (Lipinski definition) is 0. The second-order valence-electron chi connectivity index (χ2n) is 3.65. The number of aryl methyl sites for hydroxylation is 1. The number of aromatic nitrogens is 1. The molecule has 0 aliphatic rings. The van der Waals surface area contributed by atoms with Crippen LogP contribution in [0, 0.1) is 6.92 Å². The lowest BCUT2D eigenvalue weighted by Crippen LogP contribution is -1.89. The largest absolute Gasteiger partial charge is 0.456 e. The van der Waals surface area contributed by atoms with Gasteiger partial charge in [0.15, 0.2) is 0 Å². The summed E-state index contributed by atoms with van der Waals surface area (Å²) in [4.78, 5) is 4.09. The summed E-state index contributed by atoms with van der Waals surface area (Å²) in [5, 5.41) is 0.583. The molecule has 88 valence electrons. The van der Waals surface area contributed by atoms with Crippen LogP contribution in [0.2, 0.25) is 5.02 Å². The topological polar surface area (TPSA) is 22.1 Å². The van der Waals surface area contributed by atoms with Crippen LogP contribution in [0.3, 0.4) is 0 Å². The number of hydrogen-bond acceptors (Lipinski definition) is 2. The molecule has 2 aromatic rings. The minimum Gasteiger partial charge on any atom is -0.456 e. The summed E-state index contributed by atoms with van der Waals surface area (Å²) in [5.41, 5.74) is 1.86. The number of halogens is 2. The van der Waals surface area contributed by atoms with Gasteiger partial charge in [-0.3, -0.25) is 4.98 Å². The SMILES string of the molecule is Cc1ccc(Cl)c(Oc2ccnc(CCl)c2)c1. The van der Waals surface area contributed by atoms with E-state index in [1.165, 1.54) is 0 Å². The fourth-order valence-electron chi connectivity index (χ4n) is 1.41. The highest BCUT2D eigenvalue weighted by atomic mass is 35.5. The van der Waals surface area contributed by atoms with Crippen molar-refractivity contribution < 1.29 is 4.74 Å². The minimum absolute atomic E-state index is 0.360. The molecule has 0 aliphatic carbocycles. The van der Waals surface area contributed by atoms with Gasteiger partial charge in [-0.15, -0.1) is 11.6 Å². The van der Waals surface area contributed by atoms with Crippen molar-refractivity contribution in [2.75, 3.05) is 0 Å². The molecule has 2 rings (SSSR count). The third-order valence-electron chi connectivity index (χ3n) is 2.24. The first-order valence-corrected chi connectivity index (χ1v) is 6.05. The van der Waals surface area contributed by atoms with Gasteiger partial charge in [0.2, 0.25) is 0 Å². The summed E-state index contributed by atoms with van der Waals surface area (Å²) in [7, 11) is 0. The molecular weight excluding hydrogens is 257 g/mol. The van der Waals surface area contributed by atoms with Crippen LogP contribution in [0.1, 0.15) is 11.3 Å². The van der Waals surface area contributed by atoms with Crippen LogP contribution in [0.25, 0.3) is 0 Å². The van der Waals surface area contributed by atoms with Crippen LogP contribution >= 0.6 is 23.2 Å². The molecule has 0 aliphatic heterocycles. The van der Waals surface area contributed by atoms with Gasteiger partial charge in [-0.25, -0.2) is 0 Å². The van der Waals surface area contributed by atoms with Crippen molar-refractivity contribution in [3.63, 3.8) is 0 Å². The number of pyridine rings is 1. The van der Waals surface area contributed by atoms with Gasteiger partial charge >= 0.3 is 0 Å². The van der Waals surface area contributed by atoms with E-state index in [1.54, 1.807) is 18.3 Å². The first-order chi connectivity index (χ1) is 8.19. The van der Waals surface area contributed by atoms with E-state index in [-0.39, 0.29) is 0 Å². The summed E-state index contributed by atoms with van der Waals surface area (Å²) >= 11 is 11.8. The monoisotopic (exact) mass is 267 g/mol. The summed E-state index contributed by atoms with van der Waals surface area (Å²) in [5.74, 6) is 1.68. The number of rotatable bonds is 3. The van der Waals surface area contributed by atoms with E-state index in [4.69, 9.17) is 27.9 Å². The number of benzene rings is 1. The fourth-order valence-corrected chi connectivity index (χ4v) is 1.71. The third-order valence-corrected chi connectivity index (χ3v) is 2.83. The predicted molar refractivity (Wildman–Crippen MR) is 70.1 cm³/mol. The summed E-state index contributed by atoms with van der Waals surface area (Å²) in [6.45, 7) is 1.99. The molecule has 0 saturated carbocycles. The van der Waals surface area contributed by atoms with Crippen molar-refractivity contribution >= 4 is 23.2 Å². The average molecular weight is 268 g/mol. The highest BCUT2D eigenvalue weighted by Gasteiger charge is 2.04. The Balaban J connectivity index is 2.27. The zero-order chi connectivity index (χ0) is 12.3. The van der Waals surface area contributed by atoms with Gasteiger partial charge in [-0.2, -0.15) is 0 Å². The molecule has 0 saturated heterocycles. The zero-order valence-corrected chi connectivity index (χ0v) is 10.8. The van der Waals surface area contributed by atoms with Crippen molar-refractivity contribution in [2.45, 2.75) is 12.8 Å². The van der Waals surface area contributed by atoms with E-state index >= 15 is 0 Å². The quantitative estimate of drug-likeness (QED) is 0.760. The van der Waals surface area contributed by atoms with Crippen molar-refractivity contribution in [2.24, 2.45) is 0 Å². The van der Waals surface area contributed by atoms with Crippen LogP contribution in [-0.2, 0) is 5.88 Å². The molecule has 0 spiro atoms. The molecule has 1 aromatic carbocycles. The Morgan fingerprint density at radius 1 is 1.24 bits per heavy atom. The molecule has 0 amide bonds. The first kappa shape index (κ1) is 12.2. The Bertz CT molecular complexity index is 529. The Labute approximate surface area is 110 Å². The van der Waals surface area contributed by atoms with Crippen LogP contribution in [0.15, 0.2) is 36.5 Å². The molecule has 1 heterocycles. The lowest BCUT2D eigenvalue weighted by Gasteiger charge is -2.08. The van der Waals surface area contributed by atoms with Crippen molar-refractivity contribution in [3.8, 4) is 11.5 Å². The van der Waals surface area contributed by atoms with E-state index in [1.807, 2.05) is 25.1 Å². The molecule has 1 aromatic heterocycles. The predicted octanol–water partition coefficient (Wildman–Crippen LogP) is 4.57. The molecule has 17 heavy (non-hydrogen) atoms. The van der Waals surface area contributed by atoms with Gasteiger partial charge in [0.05, 0.1) is 16.6 Å². The molecule has 0 N–H and O–H groups in total. The fraction of sp³-hybridized carbons (Fsp3) is 0.154. The zero-order valence-electron chi connectivity index (χ0n) is 9.28. The minimum atomic E-state index is 0.360. The molecule has 2 nitrogen and oxygen atoms in total. The maximum atomic E-state index is 6.05. The van der Waals surface area contributed by atoms with Crippen LogP contribution in [-0.4, -0.2) is 4.98 Å². The van der Waals surface area contributed by atoms with Gasteiger partial charge in [0, 0.05) is 12.3 Å². The average Bonchev–Trinajstić information content (AvgIpc) is 2.34. The van der Waals surface area contributed by atoms with Gasteiger partial charge in [-0.1, -0.05) is 17.7 Å². The van der Waals surface area contributed by atoms with E-state index in [9.17, 15) is 0 Å². The van der Waals surface area contributed by atoms with E-state index in [2.05, 4.69) is 4.98 Å². The van der Waals surface area contributed by atoms with Crippen LogP contribution < -0.4 is 4.74 Å². The Morgan fingerprint density at radius 3 is 2.82 bits per heavy atom. The standard InChI is InChI=1S/C13H11Cl2NO/c1-9-2-3-12(15)13(6-9)17-11-4-5-16-10(7-11)8-14/h2-7H,8H2,1H3. The van der Waals surface area contributed by atoms with Gasteiger partial charge in [-0.05, 0) is 30.7 Å². The summed E-state index contributed by atoms with van der Waals surface area (Å²) in [6, 6.07) is 9.21. The van der Waals surface area contributed by atoms with Crippen LogP contribution in [0.5, 0.6) is 11.5 Å². The van der Waals surface area contributed by atoms with Gasteiger partial charge in [0.1, 0.15) is 11.5 Å². The van der Waals surface area contributed by atoms with E-state index in [0.717, 1.165) is 11.3 Å². The number of alkyl halides is 1. The van der Waals surface area contributed by atoms with Gasteiger partial charge < -0.3 is 4.74 Å². The Morgan fingerprint density at radius 2 is 2.06 bits per heavy atom. The number of ether oxygens (including phenoxy) is 1. The Kier molecular flexibility index (Phi) is 3.87. The molecule has 0 fully saturated rings. The van der Waals surface area contributed by atoms with E-state index < -0.39 is 0 Å². The maximum absolute atomic E-state index is 6.05. The lowest BCUT2D eigenvalue weighted by molar-refractivity contribution is 0.481. The molecule has 4 heteroatoms. The molecule has 0 bridgehead atoms. The second-order valence-corrected chi connectivity index (χ2v) is 4.33. The van der Waals surface area contributed by atoms with Crippen LogP contribution in [0.4, 0.5) is 0 Å². The maximum Gasteiger partial charge on any atom is 0.146 e. The lowest BCUT2D eigenvalue weighted by atomic mass is 10.2. The molecular formula is C13H11Cl2NO. The van der Waals surface area contributed by atoms with Gasteiger partial charge in [0.25, 0.3) is 0 Å². The second kappa shape index (κ2) is 5.39. The third kappa shape index (κ3) is 3.11. The summed E-state index contributed by atoms with van der Waals surface area (Å²) in [6.07, 6.45) is 1.66.